The van der Waals surface area contributed by atoms with Crippen LogP contribution in [0.15, 0.2) is 30.3 Å². The van der Waals surface area contributed by atoms with Crippen LogP contribution in [0.1, 0.15) is 23.2 Å². The Balaban J connectivity index is 2.38. The van der Waals surface area contributed by atoms with Gasteiger partial charge in [-0.3, -0.25) is 4.79 Å². The monoisotopic (exact) mass is 240 g/mol. The Kier molecular flexibility index (Phi) is 4.55. The van der Waals surface area contributed by atoms with E-state index in [1.54, 1.807) is 0 Å². The number of halogens is 1. The minimum absolute atomic E-state index is 0.227. The van der Waals surface area contributed by atoms with E-state index in [-0.39, 0.29) is 5.78 Å². The Labute approximate surface area is 97.2 Å². The highest BCUT2D eigenvalue weighted by molar-refractivity contribution is 7.19. The van der Waals surface area contributed by atoms with Crippen molar-refractivity contribution in [3.05, 3.63) is 35.9 Å². The van der Waals surface area contributed by atoms with Crippen molar-refractivity contribution in [2.24, 2.45) is 0 Å². The molecule has 1 nitrogen and oxygen atoms in total. The normalized spacial score (nSPS) is 11.4. The highest BCUT2D eigenvalue weighted by atomic mass is 35.6. The van der Waals surface area contributed by atoms with Gasteiger partial charge in [-0.2, -0.15) is 11.1 Å². The highest BCUT2D eigenvalue weighted by Crippen LogP contribution is 2.18. The predicted octanol–water partition coefficient (Wildman–Crippen LogP) is 4.09. The van der Waals surface area contributed by atoms with Crippen LogP contribution < -0.4 is 0 Å². The van der Waals surface area contributed by atoms with E-state index in [9.17, 15) is 4.79 Å². The Morgan fingerprint density at radius 1 is 1.27 bits per heavy atom. The molecular weight excluding hydrogens is 224 g/mol. The molecule has 0 spiro atoms. The van der Waals surface area contributed by atoms with E-state index in [1.165, 1.54) is 0 Å². The summed E-state index contributed by atoms with van der Waals surface area (Å²) in [7, 11) is -1.50. The highest BCUT2D eigenvalue weighted by Gasteiger charge is 2.16. The van der Waals surface area contributed by atoms with Gasteiger partial charge in [-0.1, -0.05) is 43.4 Å². The number of rotatable bonds is 5. The van der Waals surface area contributed by atoms with Crippen LogP contribution in [0.2, 0.25) is 19.1 Å². The van der Waals surface area contributed by atoms with Gasteiger partial charge in [-0.25, -0.2) is 0 Å². The molecule has 1 aromatic rings. The Morgan fingerprint density at radius 3 is 2.40 bits per heavy atom. The van der Waals surface area contributed by atoms with Gasteiger partial charge in [-0.05, 0) is 12.5 Å². The van der Waals surface area contributed by atoms with E-state index in [1.807, 2.05) is 30.3 Å². The summed E-state index contributed by atoms with van der Waals surface area (Å²) >= 11 is 6.19. The van der Waals surface area contributed by atoms with Crippen LogP contribution >= 0.6 is 11.1 Å². The zero-order valence-electron chi connectivity index (χ0n) is 9.29. The van der Waals surface area contributed by atoms with Crippen LogP contribution in [0.5, 0.6) is 0 Å². The average molecular weight is 241 g/mol. The molecule has 0 unspecified atom stereocenters. The lowest BCUT2D eigenvalue weighted by Gasteiger charge is -2.11. The summed E-state index contributed by atoms with van der Waals surface area (Å²) < 4.78 is 0. The van der Waals surface area contributed by atoms with Crippen LogP contribution in [-0.4, -0.2) is 13.2 Å². The molecule has 0 heterocycles. The lowest BCUT2D eigenvalue weighted by molar-refractivity contribution is 0.0981. The van der Waals surface area contributed by atoms with Gasteiger partial charge in [-0.15, -0.1) is 0 Å². The summed E-state index contributed by atoms with van der Waals surface area (Å²) in [6.07, 6.45) is 1.53. The molecule has 0 aliphatic rings. The minimum Gasteiger partial charge on any atom is -0.294 e. The fourth-order valence-corrected chi connectivity index (χ4v) is 2.86. The molecule has 0 saturated heterocycles. The first kappa shape index (κ1) is 12.5. The minimum atomic E-state index is -1.50. The maximum absolute atomic E-state index is 11.7. The maximum Gasteiger partial charge on any atom is 0.162 e. The first-order valence-corrected chi connectivity index (χ1v) is 9.48. The maximum atomic E-state index is 11.7. The average Bonchev–Trinajstić information content (AvgIpc) is 2.17. The van der Waals surface area contributed by atoms with E-state index >= 15 is 0 Å². The number of ketones is 1. The number of hydrogen-bond acceptors (Lipinski definition) is 1. The standard InChI is InChI=1S/C12H17ClOSi/c1-15(2,13)10-6-9-12(14)11-7-4-3-5-8-11/h3-5,7-8H,6,9-10H2,1-2H3. The summed E-state index contributed by atoms with van der Waals surface area (Å²) in [5, 5.41) is 0. The largest absolute Gasteiger partial charge is 0.294 e. The number of carbonyl (C=O) groups is 1. The van der Waals surface area contributed by atoms with Crippen molar-refractivity contribution in [3.63, 3.8) is 0 Å². The van der Waals surface area contributed by atoms with Crippen molar-refractivity contribution in [2.75, 3.05) is 0 Å². The molecule has 0 radical (unpaired) electrons. The second-order valence-corrected chi connectivity index (χ2v) is 11.4. The molecular formula is C12H17ClOSi. The summed E-state index contributed by atoms with van der Waals surface area (Å²) in [4.78, 5) is 11.7. The second kappa shape index (κ2) is 5.47. The fourth-order valence-electron chi connectivity index (χ4n) is 1.44. The molecule has 15 heavy (non-hydrogen) atoms. The molecule has 0 aliphatic carbocycles. The van der Waals surface area contributed by atoms with Gasteiger partial charge >= 0.3 is 0 Å². The third kappa shape index (κ3) is 5.14. The second-order valence-electron chi connectivity index (χ2n) is 4.36. The van der Waals surface area contributed by atoms with Crippen molar-refractivity contribution < 1.29 is 4.79 Å². The van der Waals surface area contributed by atoms with E-state index < -0.39 is 7.38 Å². The number of benzene rings is 1. The molecule has 0 bridgehead atoms. The molecule has 82 valence electrons. The zero-order chi connectivity index (χ0) is 11.3. The quantitative estimate of drug-likeness (QED) is 0.430. The van der Waals surface area contributed by atoms with E-state index in [2.05, 4.69) is 13.1 Å². The van der Waals surface area contributed by atoms with Crippen LogP contribution in [0.3, 0.4) is 0 Å². The van der Waals surface area contributed by atoms with Crippen LogP contribution in [-0.2, 0) is 0 Å². The first-order valence-electron chi connectivity index (χ1n) is 5.26. The first-order chi connectivity index (χ1) is 6.99. The Morgan fingerprint density at radius 2 is 1.87 bits per heavy atom. The SMILES string of the molecule is C[Si](C)(Cl)CCCC(=O)c1ccccc1. The molecule has 0 N–H and O–H groups in total. The van der Waals surface area contributed by atoms with Gasteiger partial charge in [0.15, 0.2) is 13.2 Å². The van der Waals surface area contributed by atoms with Gasteiger partial charge in [0, 0.05) is 12.0 Å². The Hall–Kier alpha value is -0.603. The molecule has 0 saturated carbocycles. The molecule has 1 rings (SSSR count). The van der Waals surface area contributed by atoms with Gasteiger partial charge in [0.2, 0.25) is 0 Å². The van der Waals surface area contributed by atoms with Crippen LogP contribution in [0.25, 0.3) is 0 Å². The van der Waals surface area contributed by atoms with E-state index in [4.69, 9.17) is 11.1 Å². The number of hydrogen-bond donors (Lipinski definition) is 0. The van der Waals surface area contributed by atoms with Gasteiger partial charge < -0.3 is 0 Å². The molecule has 0 fully saturated rings. The third-order valence-corrected chi connectivity index (χ3v) is 4.38. The van der Waals surface area contributed by atoms with Crippen molar-refractivity contribution in [3.8, 4) is 0 Å². The summed E-state index contributed by atoms with van der Waals surface area (Å²) in [5.41, 5.74) is 0.812. The smallest absolute Gasteiger partial charge is 0.162 e. The third-order valence-electron chi connectivity index (χ3n) is 2.27. The van der Waals surface area contributed by atoms with Crippen molar-refractivity contribution in [2.45, 2.75) is 32.0 Å². The summed E-state index contributed by atoms with van der Waals surface area (Å²) in [6.45, 7) is 4.23. The topological polar surface area (TPSA) is 17.1 Å². The molecule has 0 amide bonds. The van der Waals surface area contributed by atoms with Crippen molar-refractivity contribution >= 4 is 24.2 Å². The molecule has 0 aromatic heterocycles. The van der Waals surface area contributed by atoms with Crippen molar-refractivity contribution in [1.29, 1.82) is 0 Å². The molecule has 3 heteroatoms. The fraction of sp³-hybridized carbons (Fsp3) is 0.417. The van der Waals surface area contributed by atoms with Gasteiger partial charge in [0.05, 0.1) is 0 Å². The molecule has 0 aliphatic heterocycles. The predicted molar refractivity (Wildman–Crippen MR) is 68.1 cm³/mol. The van der Waals surface area contributed by atoms with Crippen LogP contribution in [0.4, 0.5) is 0 Å². The van der Waals surface area contributed by atoms with Gasteiger partial charge in [0.1, 0.15) is 0 Å². The summed E-state index contributed by atoms with van der Waals surface area (Å²) in [6, 6.07) is 10.5. The molecule has 1 aromatic carbocycles. The zero-order valence-corrected chi connectivity index (χ0v) is 11.1. The van der Waals surface area contributed by atoms with Crippen LogP contribution in [0, 0.1) is 0 Å². The number of Topliss-reactive ketones (excluding diaryl/α,β-unsaturated/α-hetero) is 1. The van der Waals surface area contributed by atoms with Gasteiger partial charge in [0.25, 0.3) is 0 Å². The summed E-state index contributed by atoms with van der Waals surface area (Å²) in [5.74, 6) is 0.227. The Bertz CT molecular complexity index is 316. The number of carbonyl (C=O) groups excluding carboxylic acids is 1. The van der Waals surface area contributed by atoms with E-state index in [0.29, 0.717) is 6.42 Å². The molecule has 0 atom stereocenters. The van der Waals surface area contributed by atoms with Crippen molar-refractivity contribution in [1.82, 2.24) is 0 Å². The lowest BCUT2D eigenvalue weighted by Crippen LogP contribution is -2.15. The van der Waals surface area contributed by atoms with E-state index in [0.717, 1.165) is 18.0 Å². The lowest BCUT2D eigenvalue weighted by atomic mass is 10.1.